The van der Waals surface area contributed by atoms with Crippen molar-refractivity contribution < 1.29 is 19.4 Å². The molecule has 0 saturated heterocycles. The number of methoxy groups -OCH3 is 2. The normalized spacial score (nSPS) is 10.8. The average Bonchev–Trinajstić information content (AvgIpc) is 2.92. The minimum atomic E-state index is -0.932. The largest absolute Gasteiger partial charge is 0.493 e. The molecule has 7 heteroatoms. The number of rotatable bonds is 5. The maximum atomic E-state index is 11.3. The summed E-state index contributed by atoms with van der Waals surface area (Å²) in [5, 5.41) is 9.25. The molecule has 124 valence electrons. The predicted molar refractivity (Wildman–Crippen MR) is 93.6 cm³/mol. The molecule has 6 nitrogen and oxygen atoms in total. The molecule has 0 saturated carbocycles. The standard InChI is InChI=1S/C17H15BrN2O4/c1-23-14-8-10(7-11(18)16(14)24-2)17-19-12-5-3-4-6-13(12)20(17)9-15(21)22/h3-8H,9H2,1-2H3,(H,21,22). The Morgan fingerprint density at radius 2 is 2.00 bits per heavy atom. The van der Waals surface area contributed by atoms with Crippen LogP contribution in [0.3, 0.4) is 0 Å². The van der Waals surface area contributed by atoms with E-state index < -0.39 is 5.97 Å². The molecule has 2 aromatic carbocycles. The summed E-state index contributed by atoms with van der Waals surface area (Å²) in [6.45, 7) is -0.179. The number of benzene rings is 2. The zero-order chi connectivity index (χ0) is 17.3. The first kappa shape index (κ1) is 16.3. The van der Waals surface area contributed by atoms with Crippen LogP contribution in [0.4, 0.5) is 0 Å². The number of hydrogen-bond donors (Lipinski definition) is 1. The highest BCUT2D eigenvalue weighted by atomic mass is 79.9. The summed E-state index contributed by atoms with van der Waals surface area (Å²) < 4.78 is 13.1. The van der Waals surface area contributed by atoms with Gasteiger partial charge in [-0.05, 0) is 40.2 Å². The van der Waals surface area contributed by atoms with E-state index in [1.807, 2.05) is 30.3 Å². The molecule has 0 unspecified atom stereocenters. The molecule has 0 radical (unpaired) electrons. The van der Waals surface area contributed by atoms with Gasteiger partial charge in [-0.15, -0.1) is 0 Å². The van der Waals surface area contributed by atoms with Gasteiger partial charge in [0.2, 0.25) is 0 Å². The summed E-state index contributed by atoms with van der Waals surface area (Å²) in [5.41, 5.74) is 2.23. The zero-order valence-electron chi connectivity index (χ0n) is 13.1. The number of imidazole rings is 1. The van der Waals surface area contributed by atoms with E-state index >= 15 is 0 Å². The van der Waals surface area contributed by atoms with Crippen molar-refractivity contribution in [2.75, 3.05) is 14.2 Å². The Balaban J connectivity index is 2.26. The second-order valence-corrected chi connectivity index (χ2v) is 5.95. The number of carbonyl (C=O) groups is 1. The molecule has 1 N–H and O–H groups in total. The third-order valence-electron chi connectivity index (χ3n) is 3.64. The first-order valence-corrected chi connectivity index (χ1v) is 7.93. The summed E-state index contributed by atoms with van der Waals surface area (Å²) in [4.78, 5) is 15.9. The number of hydrogen-bond acceptors (Lipinski definition) is 4. The van der Waals surface area contributed by atoms with Crippen molar-refractivity contribution in [3.8, 4) is 22.9 Å². The summed E-state index contributed by atoms with van der Waals surface area (Å²) >= 11 is 3.46. The molecule has 1 aromatic heterocycles. The van der Waals surface area contributed by atoms with Gasteiger partial charge in [0.05, 0.1) is 29.7 Å². The molecule has 3 aromatic rings. The van der Waals surface area contributed by atoms with Gasteiger partial charge >= 0.3 is 5.97 Å². The van der Waals surface area contributed by atoms with Crippen molar-refractivity contribution in [3.63, 3.8) is 0 Å². The van der Waals surface area contributed by atoms with Crippen molar-refractivity contribution in [1.29, 1.82) is 0 Å². The molecular formula is C17H15BrN2O4. The number of para-hydroxylation sites is 2. The smallest absolute Gasteiger partial charge is 0.323 e. The summed E-state index contributed by atoms with van der Waals surface area (Å²) in [5.74, 6) is 0.733. The molecule has 0 aliphatic carbocycles. The molecule has 1 heterocycles. The van der Waals surface area contributed by atoms with Crippen molar-refractivity contribution in [2.45, 2.75) is 6.54 Å². The topological polar surface area (TPSA) is 73.6 Å². The predicted octanol–water partition coefficient (Wildman–Crippen LogP) is 3.57. The average molecular weight is 391 g/mol. The van der Waals surface area contributed by atoms with E-state index in [4.69, 9.17) is 9.47 Å². The molecule has 0 amide bonds. The van der Waals surface area contributed by atoms with Crippen molar-refractivity contribution in [1.82, 2.24) is 9.55 Å². The fourth-order valence-corrected chi connectivity index (χ4v) is 3.24. The second kappa shape index (κ2) is 6.52. The monoisotopic (exact) mass is 390 g/mol. The first-order chi connectivity index (χ1) is 11.5. The van der Waals surface area contributed by atoms with Gasteiger partial charge in [0.15, 0.2) is 11.5 Å². The molecule has 0 aliphatic heterocycles. The van der Waals surface area contributed by atoms with Crippen LogP contribution in [0.1, 0.15) is 0 Å². The molecule has 24 heavy (non-hydrogen) atoms. The van der Waals surface area contributed by atoms with E-state index in [9.17, 15) is 9.90 Å². The van der Waals surface area contributed by atoms with E-state index in [0.29, 0.717) is 21.8 Å². The number of carboxylic acids is 1. The van der Waals surface area contributed by atoms with Crippen LogP contribution in [0.25, 0.3) is 22.4 Å². The Morgan fingerprint density at radius 1 is 1.25 bits per heavy atom. The van der Waals surface area contributed by atoms with Crippen LogP contribution < -0.4 is 9.47 Å². The molecule has 0 bridgehead atoms. The maximum Gasteiger partial charge on any atom is 0.323 e. The van der Waals surface area contributed by atoms with Crippen LogP contribution in [0.15, 0.2) is 40.9 Å². The third kappa shape index (κ3) is 2.82. The van der Waals surface area contributed by atoms with Gasteiger partial charge in [-0.1, -0.05) is 12.1 Å². The van der Waals surface area contributed by atoms with Gasteiger partial charge in [0, 0.05) is 5.56 Å². The number of ether oxygens (including phenoxy) is 2. The molecule has 3 rings (SSSR count). The van der Waals surface area contributed by atoms with Crippen LogP contribution in [0, 0.1) is 0 Å². The van der Waals surface area contributed by atoms with Crippen LogP contribution in [0.5, 0.6) is 11.5 Å². The van der Waals surface area contributed by atoms with Gasteiger partial charge in [0.25, 0.3) is 0 Å². The summed E-state index contributed by atoms with van der Waals surface area (Å²) in [6, 6.07) is 11.0. The van der Waals surface area contributed by atoms with Crippen molar-refractivity contribution in [2.24, 2.45) is 0 Å². The lowest BCUT2D eigenvalue weighted by Crippen LogP contribution is -2.10. The van der Waals surface area contributed by atoms with E-state index in [-0.39, 0.29) is 6.54 Å². The number of aromatic nitrogens is 2. The molecule has 0 spiro atoms. The number of fused-ring (bicyclic) bond motifs is 1. The number of halogens is 1. The third-order valence-corrected chi connectivity index (χ3v) is 4.23. The lowest BCUT2D eigenvalue weighted by atomic mass is 10.2. The maximum absolute atomic E-state index is 11.3. The fourth-order valence-electron chi connectivity index (χ4n) is 2.64. The summed E-state index contributed by atoms with van der Waals surface area (Å²) in [7, 11) is 3.11. The van der Waals surface area contributed by atoms with Crippen LogP contribution >= 0.6 is 15.9 Å². The van der Waals surface area contributed by atoms with Gasteiger partial charge in [-0.25, -0.2) is 4.98 Å². The van der Waals surface area contributed by atoms with Gasteiger partial charge in [-0.2, -0.15) is 0 Å². The highest BCUT2D eigenvalue weighted by Gasteiger charge is 2.18. The lowest BCUT2D eigenvalue weighted by molar-refractivity contribution is -0.137. The van der Waals surface area contributed by atoms with Crippen molar-refractivity contribution >= 4 is 32.9 Å². The van der Waals surface area contributed by atoms with Crippen LogP contribution in [-0.4, -0.2) is 34.8 Å². The zero-order valence-corrected chi connectivity index (χ0v) is 14.7. The molecule has 0 fully saturated rings. The van der Waals surface area contributed by atoms with E-state index in [0.717, 1.165) is 16.6 Å². The summed E-state index contributed by atoms with van der Waals surface area (Å²) in [6.07, 6.45) is 0. The fraction of sp³-hybridized carbons (Fsp3) is 0.176. The highest BCUT2D eigenvalue weighted by molar-refractivity contribution is 9.10. The van der Waals surface area contributed by atoms with E-state index in [1.165, 1.54) is 0 Å². The van der Waals surface area contributed by atoms with E-state index in [1.54, 1.807) is 24.9 Å². The van der Waals surface area contributed by atoms with Crippen LogP contribution in [0.2, 0.25) is 0 Å². The Bertz CT molecular complexity index is 920. The van der Waals surface area contributed by atoms with Crippen LogP contribution in [-0.2, 0) is 11.3 Å². The number of carboxylic acid groups (broad SMARTS) is 1. The number of aliphatic carboxylic acids is 1. The first-order valence-electron chi connectivity index (χ1n) is 7.14. The Hall–Kier alpha value is -2.54. The van der Waals surface area contributed by atoms with Gasteiger partial charge < -0.3 is 19.1 Å². The minimum absolute atomic E-state index is 0.179. The highest BCUT2D eigenvalue weighted by Crippen LogP contribution is 2.39. The lowest BCUT2D eigenvalue weighted by Gasteiger charge is -2.12. The minimum Gasteiger partial charge on any atom is -0.493 e. The van der Waals surface area contributed by atoms with Gasteiger partial charge in [0.1, 0.15) is 12.4 Å². The Morgan fingerprint density at radius 3 is 2.67 bits per heavy atom. The SMILES string of the molecule is COc1cc(-c2nc3ccccc3n2CC(=O)O)cc(Br)c1OC. The molecular weight excluding hydrogens is 376 g/mol. The quantitative estimate of drug-likeness (QED) is 0.720. The molecule has 0 aliphatic rings. The number of nitrogens with zero attached hydrogens (tertiary/aromatic N) is 2. The van der Waals surface area contributed by atoms with Gasteiger partial charge in [-0.3, -0.25) is 4.79 Å². The van der Waals surface area contributed by atoms with Crippen molar-refractivity contribution in [3.05, 3.63) is 40.9 Å². The Labute approximate surface area is 146 Å². The Kier molecular flexibility index (Phi) is 4.44. The second-order valence-electron chi connectivity index (χ2n) is 5.10. The van der Waals surface area contributed by atoms with E-state index in [2.05, 4.69) is 20.9 Å². The molecule has 0 atom stereocenters.